The molecule has 0 atom stereocenters. The molecule has 19 heavy (non-hydrogen) atoms. The Balaban J connectivity index is 2.09. The zero-order valence-corrected chi connectivity index (χ0v) is 11.2. The lowest BCUT2D eigenvalue weighted by Crippen LogP contribution is -1.92. The molecule has 0 saturated carbocycles. The number of halogens is 2. The molecule has 0 aliphatic carbocycles. The van der Waals surface area contributed by atoms with E-state index in [2.05, 4.69) is 9.97 Å². The standard InChI is InChI=1S/C14H8Cl2N2O/c15-9-4-3-5-10(8-9)19-13-11-6-1-2-7-12(11)17-14(16)18-13/h1-8H. The molecule has 0 radical (unpaired) electrons. The third-order valence-corrected chi connectivity index (χ3v) is 2.96. The highest BCUT2D eigenvalue weighted by Gasteiger charge is 2.08. The van der Waals surface area contributed by atoms with E-state index < -0.39 is 0 Å². The highest BCUT2D eigenvalue weighted by atomic mass is 35.5. The molecule has 0 fully saturated rings. The topological polar surface area (TPSA) is 35.0 Å². The maximum Gasteiger partial charge on any atom is 0.231 e. The summed E-state index contributed by atoms with van der Waals surface area (Å²) in [6, 6.07) is 14.6. The van der Waals surface area contributed by atoms with Crippen molar-refractivity contribution in [3.8, 4) is 11.6 Å². The minimum Gasteiger partial charge on any atom is -0.438 e. The highest BCUT2D eigenvalue weighted by molar-refractivity contribution is 6.30. The molecule has 0 bridgehead atoms. The molecular formula is C14H8Cl2N2O. The van der Waals surface area contributed by atoms with Crippen LogP contribution in [0.4, 0.5) is 0 Å². The van der Waals surface area contributed by atoms with Crippen LogP contribution in [-0.4, -0.2) is 9.97 Å². The quantitative estimate of drug-likeness (QED) is 0.640. The van der Waals surface area contributed by atoms with Crippen molar-refractivity contribution in [3.63, 3.8) is 0 Å². The fourth-order valence-electron chi connectivity index (χ4n) is 1.74. The summed E-state index contributed by atoms with van der Waals surface area (Å²) < 4.78 is 5.73. The Bertz CT molecular complexity index is 746. The van der Waals surface area contributed by atoms with Crippen LogP contribution in [0.2, 0.25) is 10.3 Å². The second-order valence-corrected chi connectivity index (χ2v) is 4.65. The molecule has 1 aromatic heterocycles. The predicted molar refractivity (Wildman–Crippen MR) is 76.1 cm³/mol. The lowest BCUT2D eigenvalue weighted by Gasteiger charge is -2.08. The van der Waals surface area contributed by atoms with Crippen LogP contribution >= 0.6 is 23.2 Å². The summed E-state index contributed by atoms with van der Waals surface area (Å²) in [5.41, 5.74) is 0.736. The van der Waals surface area contributed by atoms with E-state index in [0.717, 1.165) is 10.9 Å². The molecular weight excluding hydrogens is 283 g/mol. The van der Waals surface area contributed by atoms with Gasteiger partial charge in [0.05, 0.1) is 10.9 Å². The monoisotopic (exact) mass is 290 g/mol. The molecule has 0 unspecified atom stereocenters. The number of benzene rings is 2. The van der Waals surface area contributed by atoms with Gasteiger partial charge in [-0.3, -0.25) is 0 Å². The van der Waals surface area contributed by atoms with Crippen molar-refractivity contribution >= 4 is 34.1 Å². The molecule has 0 saturated heterocycles. The second kappa shape index (κ2) is 5.03. The van der Waals surface area contributed by atoms with Crippen molar-refractivity contribution in [2.45, 2.75) is 0 Å². The first-order valence-corrected chi connectivity index (χ1v) is 6.34. The van der Waals surface area contributed by atoms with E-state index in [1.165, 1.54) is 0 Å². The number of ether oxygens (including phenoxy) is 1. The summed E-state index contributed by atoms with van der Waals surface area (Å²) in [6.45, 7) is 0. The predicted octanol–water partition coefficient (Wildman–Crippen LogP) is 4.73. The minimum atomic E-state index is 0.149. The fraction of sp³-hybridized carbons (Fsp3) is 0. The maximum atomic E-state index is 5.92. The molecule has 3 nitrogen and oxygen atoms in total. The van der Waals surface area contributed by atoms with Gasteiger partial charge in [-0.15, -0.1) is 0 Å². The molecule has 94 valence electrons. The molecule has 0 aliphatic heterocycles. The van der Waals surface area contributed by atoms with Crippen LogP contribution in [0.15, 0.2) is 48.5 Å². The zero-order chi connectivity index (χ0) is 13.2. The Morgan fingerprint density at radius 2 is 1.74 bits per heavy atom. The highest BCUT2D eigenvalue weighted by Crippen LogP contribution is 2.29. The largest absolute Gasteiger partial charge is 0.438 e. The number of nitrogens with zero attached hydrogens (tertiary/aromatic N) is 2. The van der Waals surface area contributed by atoms with Gasteiger partial charge in [-0.2, -0.15) is 4.98 Å². The van der Waals surface area contributed by atoms with E-state index in [-0.39, 0.29) is 5.28 Å². The molecule has 2 aromatic carbocycles. The van der Waals surface area contributed by atoms with Gasteiger partial charge < -0.3 is 4.74 Å². The van der Waals surface area contributed by atoms with E-state index in [9.17, 15) is 0 Å². The van der Waals surface area contributed by atoms with Crippen molar-refractivity contribution in [1.29, 1.82) is 0 Å². The molecule has 1 heterocycles. The van der Waals surface area contributed by atoms with E-state index in [1.807, 2.05) is 30.3 Å². The third kappa shape index (κ3) is 2.62. The number of hydrogen-bond acceptors (Lipinski definition) is 3. The average molecular weight is 291 g/mol. The van der Waals surface area contributed by atoms with Crippen LogP contribution in [0, 0.1) is 0 Å². The molecule has 5 heteroatoms. The molecule has 3 rings (SSSR count). The summed E-state index contributed by atoms with van der Waals surface area (Å²) in [6.07, 6.45) is 0. The first-order valence-electron chi connectivity index (χ1n) is 5.58. The van der Waals surface area contributed by atoms with Crippen LogP contribution in [0.5, 0.6) is 11.6 Å². The second-order valence-electron chi connectivity index (χ2n) is 3.87. The summed E-state index contributed by atoms with van der Waals surface area (Å²) in [4.78, 5) is 8.26. The van der Waals surface area contributed by atoms with E-state index in [1.54, 1.807) is 18.2 Å². The molecule has 0 aliphatic rings. The first kappa shape index (κ1) is 12.2. The Labute approximate surface area is 119 Å². The third-order valence-electron chi connectivity index (χ3n) is 2.55. The lowest BCUT2D eigenvalue weighted by atomic mass is 10.2. The zero-order valence-electron chi connectivity index (χ0n) is 9.68. The first-order chi connectivity index (χ1) is 9.22. The molecule has 0 amide bonds. The SMILES string of the molecule is Clc1cccc(Oc2nc(Cl)nc3ccccc23)c1. The minimum absolute atomic E-state index is 0.149. The number of para-hydroxylation sites is 1. The van der Waals surface area contributed by atoms with Gasteiger partial charge in [0.25, 0.3) is 0 Å². The maximum absolute atomic E-state index is 5.92. The Morgan fingerprint density at radius 3 is 2.58 bits per heavy atom. The lowest BCUT2D eigenvalue weighted by molar-refractivity contribution is 0.468. The van der Waals surface area contributed by atoms with Gasteiger partial charge in [-0.25, -0.2) is 4.98 Å². The van der Waals surface area contributed by atoms with Gasteiger partial charge in [0.15, 0.2) is 0 Å². The Morgan fingerprint density at radius 1 is 0.895 bits per heavy atom. The van der Waals surface area contributed by atoms with Crippen molar-refractivity contribution < 1.29 is 4.74 Å². The smallest absolute Gasteiger partial charge is 0.231 e. The van der Waals surface area contributed by atoms with Crippen LogP contribution < -0.4 is 4.74 Å². The van der Waals surface area contributed by atoms with E-state index >= 15 is 0 Å². The van der Waals surface area contributed by atoms with Gasteiger partial charge in [0, 0.05) is 5.02 Å². The van der Waals surface area contributed by atoms with Crippen molar-refractivity contribution in [1.82, 2.24) is 9.97 Å². The van der Waals surface area contributed by atoms with Crippen LogP contribution in [-0.2, 0) is 0 Å². The summed E-state index contributed by atoms with van der Waals surface area (Å²) in [5, 5.41) is 1.55. The van der Waals surface area contributed by atoms with Crippen LogP contribution in [0.25, 0.3) is 10.9 Å². The molecule has 0 spiro atoms. The van der Waals surface area contributed by atoms with Crippen LogP contribution in [0.3, 0.4) is 0 Å². The van der Waals surface area contributed by atoms with E-state index in [4.69, 9.17) is 27.9 Å². The number of rotatable bonds is 2. The summed E-state index contributed by atoms with van der Waals surface area (Å²) >= 11 is 11.8. The fourth-order valence-corrected chi connectivity index (χ4v) is 2.09. The number of hydrogen-bond donors (Lipinski definition) is 0. The average Bonchev–Trinajstić information content (AvgIpc) is 2.38. The van der Waals surface area contributed by atoms with Gasteiger partial charge in [0.1, 0.15) is 5.75 Å². The van der Waals surface area contributed by atoms with E-state index in [0.29, 0.717) is 16.7 Å². The van der Waals surface area contributed by atoms with Crippen LogP contribution in [0.1, 0.15) is 0 Å². The Kier molecular flexibility index (Phi) is 3.23. The number of fused-ring (bicyclic) bond motifs is 1. The van der Waals surface area contributed by atoms with Gasteiger partial charge in [-0.05, 0) is 41.9 Å². The van der Waals surface area contributed by atoms with Crippen molar-refractivity contribution in [3.05, 3.63) is 58.8 Å². The summed E-state index contributed by atoms with van der Waals surface area (Å²) in [7, 11) is 0. The van der Waals surface area contributed by atoms with Gasteiger partial charge in [0.2, 0.25) is 11.2 Å². The Hall–Kier alpha value is -1.84. The van der Waals surface area contributed by atoms with Crippen molar-refractivity contribution in [2.24, 2.45) is 0 Å². The number of aromatic nitrogens is 2. The summed E-state index contributed by atoms with van der Waals surface area (Å²) in [5.74, 6) is 1.02. The van der Waals surface area contributed by atoms with Gasteiger partial charge in [-0.1, -0.05) is 29.8 Å². The molecule has 3 aromatic rings. The normalized spacial score (nSPS) is 10.6. The van der Waals surface area contributed by atoms with Crippen molar-refractivity contribution in [2.75, 3.05) is 0 Å². The van der Waals surface area contributed by atoms with Gasteiger partial charge >= 0.3 is 0 Å². The molecule has 0 N–H and O–H groups in total.